The second-order valence-electron chi connectivity index (χ2n) is 5.59. The van der Waals surface area contributed by atoms with Crippen molar-refractivity contribution in [1.29, 1.82) is 0 Å². The molecule has 3 aromatic rings. The van der Waals surface area contributed by atoms with E-state index in [0.717, 1.165) is 25.3 Å². The normalized spacial score (nSPS) is 12.8. The Morgan fingerprint density at radius 1 is 1.33 bits per heavy atom. The lowest BCUT2D eigenvalue weighted by molar-refractivity contribution is -0.141. The number of ether oxygens (including phenoxy) is 1. The quantitative estimate of drug-likeness (QED) is 0.677. The number of esters is 1. The highest BCUT2D eigenvalue weighted by atomic mass is 35.5. The highest BCUT2D eigenvalue weighted by Crippen LogP contribution is 2.35. The number of carbonyl (C=O) groups is 1. The summed E-state index contributed by atoms with van der Waals surface area (Å²) in [6.07, 6.45) is -3.27. The maximum atomic E-state index is 12.9. The summed E-state index contributed by atoms with van der Waals surface area (Å²) in [5.41, 5.74) is -0.197. The Hall–Kier alpha value is -2.88. The summed E-state index contributed by atoms with van der Waals surface area (Å²) >= 11 is 6.03. The van der Waals surface area contributed by atoms with Crippen LogP contribution in [0.5, 0.6) is 0 Å². The number of aryl methyl sites for hydroxylation is 1. The van der Waals surface area contributed by atoms with Crippen LogP contribution in [0.1, 0.15) is 22.9 Å². The predicted molar refractivity (Wildman–Crippen MR) is 90.4 cm³/mol. The Labute approximate surface area is 156 Å². The molecule has 2 heterocycles. The number of nitrogens with one attached hydrogen (secondary N) is 1. The van der Waals surface area contributed by atoms with E-state index in [0.29, 0.717) is 17.3 Å². The van der Waals surface area contributed by atoms with Crippen LogP contribution in [0.2, 0.25) is 5.02 Å². The van der Waals surface area contributed by atoms with E-state index in [1.54, 1.807) is 13.0 Å². The molecular weight excluding hydrogens is 387 g/mol. The van der Waals surface area contributed by atoms with Gasteiger partial charge in [0.05, 0.1) is 12.7 Å². The lowest BCUT2D eigenvalue weighted by Gasteiger charge is -2.20. The highest BCUT2D eigenvalue weighted by Gasteiger charge is 2.32. The third-order valence-electron chi connectivity index (χ3n) is 3.75. The zero-order valence-corrected chi connectivity index (χ0v) is 14.8. The molecule has 7 nitrogen and oxygen atoms in total. The number of carbonyl (C=O) groups excluding carboxylic acids is 1. The smallest absolute Gasteiger partial charge is 0.416 e. The fraction of sp³-hybridized carbons (Fsp3) is 0.250. The second-order valence-corrected chi connectivity index (χ2v) is 6.00. The summed E-state index contributed by atoms with van der Waals surface area (Å²) in [5, 5.41) is 6.67. The van der Waals surface area contributed by atoms with Gasteiger partial charge < -0.3 is 10.1 Å². The molecule has 0 amide bonds. The van der Waals surface area contributed by atoms with Gasteiger partial charge in [-0.1, -0.05) is 17.7 Å². The van der Waals surface area contributed by atoms with Crippen molar-refractivity contribution in [3.63, 3.8) is 0 Å². The van der Waals surface area contributed by atoms with E-state index in [1.165, 1.54) is 10.8 Å². The standard InChI is InChI=1S/C16H13ClF3N5O2/c1-8-5-12(25-15(23-8)21-7-22-25)24-13(14(26)27-2)10-4-3-9(6-11(10)17)16(18,19)20/h3-7,13,24H,1-2H3. The van der Waals surface area contributed by atoms with Crippen LogP contribution in [0.3, 0.4) is 0 Å². The Balaban J connectivity index is 2.05. The summed E-state index contributed by atoms with van der Waals surface area (Å²) < 4.78 is 44.7. The molecule has 0 bridgehead atoms. The molecule has 1 unspecified atom stereocenters. The molecular formula is C16H13ClF3N5O2. The molecule has 1 N–H and O–H groups in total. The molecule has 1 atom stereocenters. The number of nitrogens with zero attached hydrogens (tertiary/aromatic N) is 4. The fourth-order valence-corrected chi connectivity index (χ4v) is 2.79. The van der Waals surface area contributed by atoms with Gasteiger partial charge in [0.25, 0.3) is 5.78 Å². The van der Waals surface area contributed by atoms with E-state index in [2.05, 4.69) is 20.4 Å². The number of hydrogen-bond acceptors (Lipinski definition) is 6. The third kappa shape index (κ3) is 3.80. The van der Waals surface area contributed by atoms with Crippen LogP contribution in [-0.2, 0) is 15.7 Å². The minimum atomic E-state index is -4.55. The Morgan fingerprint density at radius 3 is 2.70 bits per heavy atom. The molecule has 0 spiro atoms. The van der Waals surface area contributed by atoms with Crippen LogP contribution in [-0.4, -0.2) is 32.7 Å². The number of methoxy groups -OCH3 is 1. The van der Waals surface area contributed by atoms with Crippen LogP contribution in [0, 0.1) is 6.92 Å². The molecule has 0 saturated heterocycles. The maximum absolute atomic E-state index is 12.9. The average molecular weight is 400 g/mol. The largest absolute Gasteiger partial charge is 0.467 e. The van der Waals surface area contributed by atoms with Gasteiger partial charge in [0.1, 0.15) is 12.1 Å². The summed E-state index contributed by atoms with van der Waals surface area (Å²) in [4.78, 5) is 20.4. The molecule has 0 aliphatic rings. The molecule has 11 heteroatoms. The molecule has 0 saturated carbocycles. The van der Waals surface area contributed by atoms with Crippen molar-refractivity contribution >= 4 is 29.2 Å². The van der Waals surface area contributed by atoms with Crippen molar-refractivity contribution in [2.75, 3.05) is 12.4 Å². The van der Waals surface area contributed by atoms with Crippen LogP contribution in [0.15, 0.2) is 30.6 Å². The molecule has 3 rings (SSSR count). The van der Waals surface area contributed by atoms with Crippen LogP contribution in [0.25, 0.3) is 5.78 Å². The van der Waals surface area contributed by atoms with E-state index in [9.17, 15) is 18.0 Å². The van der Waals surface area contributed by atoms with Gasteiger partial charge in [0.2, 0.25) is 0 Å². The predicted octanol–water partition coefficient (Wildman–Crippen LogP) is 3.43. The lowest BCUT2D eigenvalue weighted by Crippen LogP contribution is -2.24. The number of aromatic nitrogens is 4. The molecule has 1 aromatic carbocycles. The lowest BCUT2D eigenvalue weighted by atomic mass is 10.0. The molecule has 27 heavy (non-hydrogen) atoms. The van der Waals surface area contributed by atoms with Crippen molar-refractivity contribution in [3.05, 3.63) is 52.4 Å². The average Bonchev–Trinajstić information content (AvgIpc) is 3.06. The minimum absolute atomic E-state index is 0.124. The minimum Gasteiger partial charge on any atom is -0.467 e. The first kappa shape index (κ1) is 18.9. The summed E-state index contributed by atoms with van der Waals surface area (Å²) in [5.74, 6) is -0.0969. The van der Waals surface area contributed by atoms with Crippen molar-refractivity contribution in [3.8, 4) is 0 Å². The van der Waals surface area contributed by atoms with Gasteiger partial charge in [-0.3, -0.25) is 0 Å². The first-order valence-electron chi connectivity index (χ1n) is 7.59. The third-order valence-corrected chi connectivity index (χ3v) is 4.08. The van der Waals surface area contributed by atoms with Crippen LogP contribution in [0.4, 0.5) is 19.0 Å². The fourth-order valence-electron chi connectivity index (χ4n) is 2.50. The maximum Gasteiger partial charge on any atom is 0.416 e. The first-order valence-corrected chi connectivity index (χ1v) is 7.97. The van der Waals surface area contributed by atoms with Gasteiger partial charge in [0.15, 0.2) is 6.04 Å². The molecule has 142 valence electrons. The van der Waals surface area contributed by atoms with Crippen LogP contribution >= 0.6 is 11.6 Å². The number of benzene rings is 1. The van der Waals surface area contributed by atoms with Crippen molar-refractivity contribution in [2.45, 2.75) is 19.1 Å². The number of hydrogen-bond donors (Lipinski definition) is 1. The van der Waals surface area contributed by atoms with E-state index in [1.807, 2.05) is 0 Å². The summed E-state index contributed by atoms with van der Waals surface area (Å²) in [6, 6.07) is 3.18. The Kier molecular flexibility index (Phi) is 4.92. The van der Waals surface area contributed by atoms with Gasteiger partial charge >= 0.3 is 12.1 Å². The van der Waals surface area contributed by atoms with Crippen molar-refractivity contribution in [1.82, 2.24) is 19.6 Å². The van der Waals surface area contributed by atoms with E-state index >= 15 is 0 Å². The zero-order valence-electron chi connectivity index (χ0n) is 14.1. The SMILES string of the molecule is COC(=O)C(Nc1cc(C)nc2ncnn12)c1ccc(C(F)(F)F)cc1Cl. The van der Waals surface area contributed by atoms with Gasteiger partial charge in [-0.05, 0) is 19.1 Å². The summed E-state index contributed by atoms with van der Waals surface area (Å²) in [7, 11) is 1.16. The van der Waals surface area contributed by atoms with Gasteiger partial charge in [0, 0.05) is 22.3 Å². The van der Waals surface area contributed by atoms with Gasteiger partial charge in [-0.2, -0.15) is 27.8 Å². The van der Waals surface area contributed by atoms with E-state index in [4.69, 9.17) is 16.3 Å². The molecule has 0 fully saturated rings. The second kappa shape index (κ2) is 7.03. The van der Waals surface area contributed by atoms with E-state index in [-0.39, 0.29) is 10.6 Å². The molecule has 0 aliphatic carbocycles. The van der Waals surface area contributed by atoms with E-state index < -0.39 is 23.8 Å². The van der Waals surface area contributed by atoms with Crippen molar-refractivity contribution < 1.29 is 22.7 Å². The highest BCUT2D eigenvalue weighted by molar-refractivity contribution is 6.31. The molecule has 0 aliphatic heterocycles. The zero-order chi connectivity index (χ0) is 19.8. The Bertz CT molecular complexity index is 1010. The van der Waals surface area contributed by atoms with Gasteiger partial charge in [-0.25, -0.2) is 9.78 Å². The van der Waals surface area contributed by atoms with Crippen LogP contribution < -0.4 is 5.32 Å². The monoisotopic (exact) mass is 399 g/mol. The summed E-state index contributed by atoms with van der Waals surface area (Å²) in [6.45, 7) is 1.72. The number of rotatable bonds is 4. The number of fused-ring (bicyclic) bond motifs is 1. The van der Waals surface area contributed by atoms with Crippen molar-refractivity contribution in [2.24, 2.45) is 0 Å². The molecule has 0 radical (unpaired) electrons. The first-order chi connectivity index (χ1) is 12.7. The molecule has 2 aromatic heterocycles. The Morgan fingerprint density at radius 2 is 2.07 bits per heavy atom. The number of alkyl halides is 3. The number of halogens is 4. The number of anilines is 1. The van der Waals surface area contributed by atoms with Gasteiger partial charge in [-0.15, -0.1) is 0 Å². The topological polar surface area (TPSA) is 81.4 Å².